The molecule has 1 N–H and O–H groups in total. The van der Waals surface area contributed by atoms with E-state index in [1.165, 1.54) is 0 Å². The van der Waals surface area contributed by atoms with Gasteiger partial charge in [-0.2, -0.15) is 0 Å². The third kappa shape index (κ3) is 1.87. The summed E-state index contributed by atoms with van der Waals surface area (Å²) in [6, 6.07) is 8.37. The van der Waals surface area contributed by atoms with E-state index in [1.54, 1.807) is 30.3 Å². The van der Waals surface area contributed by atoms with E-state index in [9.17, 15) is 8.42 Å². The van der Waals surface area contributed by atoms with Gasteiger partial charge in [0.25, 0.3) is 0 Å². The summed E-state index contributed by atoms with van der Waals surface area (Å²) >= 11 is 0. The Hall–Kier alpha value is -0.870. The second-order valence-corrected chi connectivity index (χ2v) is 6.63. The van der Waals surface area contributed by atoms with Gasteiger partial charge in [-0.3, -0.25) is 0 Å². The number of rotatable bonds is 2. The van der Waals surface area contributed by atoms with Crippen LogP contribution in [0.4, 0.5) is 0 Å². The smallest absolute Gasteiger partial charge is 0.198 e. The molecule has 2 rings (SSSR count). The van der Waals surface area contributed by atoms with Crippen LogP contribution in [0, 0.1) is 0 Å². The first-order valence-electron chi connectivity index (χ1n) is 5.61. The van der Waals surface area contributed by atoms with Crippen LogP contribution in [0.15, 0.2) is 35.2 Å². The molecule has 1 fully saturated rings. The highest BCUT2D eigenvalue weighted by molar-refractivity contribution is 7.92. The number of nitrogens with one attached hydrogen (secondary N) is 1. The normalized spacial score (nSPS) is 20.6. The van der Waals surface area contributed by atoms with E-state index in [1.807, 2.05) is 0 Å². The van der Waals surface area contributed by atoms with Crippen LogP contribution in [0.2, 0.25) is 0 Å². The van der Waals surface area contributed by atoms with Crippen molar-refractivity contribution >= 4 is 9.84 Å². The second kappa shape index (κ2) is 4.18. The van der Waals surface area contributed by atoms with Crippen molar-refractivity contribution in [2.45, 2.75) is 41.9 Å². The summed E-state index contributed by atoms with van der Waals surface area (Å²) in [5.74, 6) is 0. The topological polar surface area (TPSA) is 57.9 Å². The Morgan fingerprint density at radius 3 is 2.12 bits per heavy atom. The third-order valence-corrected chi connectivity index (χ3v) is 5.56. The Morgan fingerprint density at radius 1 is 1.00 bits per heavy atom. The van der Waals surface area contributed by atoms with Gasteiger partial charge >= 0.3 is 0 Å². The SMILES string of the molecule is [NH]C1(S(=O)(=O)c2ccccc2)CCCCC1. The Kier molecular flexibility index (Phi) is 3.04. The fraction of sp³-hybridized carbons (Fsp3) is 0.500. The minimum Gasteiger partial charge on any atom is -0.235 e. The van der Waals surface area contributed by atoms with Crippen molar-refractivity contribution in [3.63, 3.8) is 0 Å². The first-order chi connectivity index (χ1) is 7.56. The van der Waals surface area contributed by atoms with Gasteiger partial charge < -0.3 is 0 Å². The summed E-state index contributed by atoms with van der Waals surface area (Å²) in [7, 11) is -3.49. The fourth-order valence-electron chi connectivity index (χ4n) is 2.22. The van der Waals surface area contributed by atoms with Gasteiger partial charge in [-0.05, 0) is 25.0 Å². The van der Waals surface area contributed by atoms with Gasteiger partial charge in [-0.1, -0.05) is 37.5 Å². The number of sulfone groups is 1. The minimum absolute atomic E-state index is 0.284. The van der Waals surface area contributed by atoms with Crippen LogP contribution in [0.3, 0.4) is 0 Å². The Labute approximate surface area is 96.6 Å². The standard InChI is InChI=1S/C12H16NO2S/c13-12(9-5-2-6-10-12)16(14,15)11-7-3-1-4-8-11/h1,3-4,7-8,13H,2,5-6,9-10H2. The van der Waals surface area contributed by atoms with Crippen molar-refractivity contribution in [2.24, 2.45) is 0 Å². The molecule has 0 bridgehead atoms. The van der Waals surface area contributed by atoms with Gasteiger partial charge in [0.15, 0.2) is 9.84 Å². The van der Waals surface area contributed by atoms with Crippen LogP contribution >= 0.6 is 0 Å². The maximum atomic E-state index is 12.3. The molecule has 0 aromatic heterocycles. The zero-order chi connectivity index (χ0) is 11.6. The molecule has 0 heterocycles. The molecule has 4 heteroatoms. The number of hydrogen-bond acceptors (Lipinski definition) is 2. The van der Waals surface area contributed by atoms with Crippen molar-refractivity contribution in [1.29, 1.82) is 0 Å². The average molecular weight is 238 g/mol. The summed E-state index contributed by atoms with van der Waals surface area (Å²) in [4.78, 5) is -1.01. The van der Waals surface area contributed by atoms with Gasteiger partial charge in [0, 0.05) is 0 Å². The molecular formula is C12H16NO2S. The number of benzene rings is 1. The lowest BCUT2D eigenvalue weighted by Crippen LogP contribution is -2.42. The van der Waals surface area contributed by atoms with Gasteiger partial charge in [0.2, 0.25) is 0 Å². The summed E-state index contributed by atoms with van der Waals surface area (Å²) in [6.45, 7) is 0. The van der Waals surface area contributed by atoms with E-state index < -0.39 is 14.7 Å². The molecule has 1 aliphatic rings. The van der Waals surface area contributed by atoms with Gasteiger partial charge in [0.05, 0.1) is 4.90 Å². The molecular weight excluding hydrogens is 222 g/mol. The largest absolute Gasteiger partial charge is 0.235 e. The second-order valence-electron chi connectivity index (χ2n) is 4.37. The van der Waals surface area contributed by atoms with Crippen LogP contribution in [0.1, 0.15) is 32.1 Å². The lowest BCUT2D eigenvalue weighted by molar-refractivity contribution is 0.371. The molecule has 0 spiro atoms. The average Bonchev–Trinajstić information content (AvgIpc) is 2.31. The molecule has 0 amide bonds. The van der Waals surface area contributed by atoms with Crippen molar-refractivity contribution in [2.75, 3.05) is 0 Å². The van der Waals surface area contributed by atoms with E-state index in [0.717, 1.165) is 19.3 Å². The van der Waals surface area contributed by atoms with E-state index in [-0.39, 0.29) is 4.90 Å². The van der Waals surface area contributed by atoms with Gasteiger partial charge in [0.1, 0.15) is 4.87 Å². The molecule has 0 aliphatic heterocycles. The van der Waals surface area contributed by atoms with Crippen LogP contribution in [0.25, 0.3) is 0 Å². The zero-order valence-electron chi connectivity index (χ0n) is 9.15. The molecule has 0 atom stereocenters. The molecule has 87 valence electrons. The zero-order valence-corrected chi connectivity index (χ0v) is 9.96. The highest BCUT2D eigenvalue weighted by Gasteiger charge is 2.42. The molecule has 3 nitrogen and oxygen atoms in total. The van der Waals surface area contributed by atoms with Crippen molar-refractivity contribution in [3.05, 3.63) is 30.3 Å². The summed E-state index contributed by atoms with van der Waals surface area (Å²) in [5, 5.41) is 0. The Bertz CT molecular complexity index is 447. The molecule has 1 saturated carbocycles. The highest BCUT2D eigenvalue weighted by Crippen LogP contribution is 2.35. The summed E-state index contributed by atoms with van der Waals surface area (Å²) in [5.41, 5.74) is 8.17. The lowest BCUT2D eigenvalue weighted by Gasteiger charge is -2.31. The van der Waals surface area contributed by atoms with Crippen LogP contribution in [-0.2, 0) is 9.84 Å². The molecule has 0 unspecified atom stereocenters. The predicted octanol–water partition coefficient (Wildman–Crippen LogP) is 2.40. The highest BCUT2D eigenvalue weighted by atomic mass is 32.2. The molecule has 16 heavy (non-hydrogen) atoms. The van der Waals surface area contributed by atoms with E-state index in [4.69, 9.17) is 5.73 Å². The van der Waals surface area contributed by atoms with Crippen molar-refractivity contribution < 1.29 is 8.42 Å². The number of hydrogen-bond donors (Lipinski definition) is 0. The molecule has 1 aromatic rings. The predicted molar refractivity (Wildman–Crippen MR) is 62.5 cm³/mol. The Balaban J connectivity index is 2.39. The monoisotopic (exact) mass is 238 g/mol. The van der Waals surface area contributed by atoms with Gasteiger partial charge in [-0.15, -0.1) is 0 Å². The van der Waals surface area contributed by atoms with E-state index in [0.29, 0.717) is 12.8 Å². The van der Waals surface area contributed by atoms with Crippen molar-refractivity contribution in [1.82, 2.24) is 5.73 Å². The Morgan fingerprint density at radius 2 is 1.56 bits per heavy atom. The molecule has 1 radical (unpaired) electrons. The first kappa shape index (κ1) is 11.6. The summed E-state index contributed by atoms with van der Waals surface area (Å²) < 4.78 is 24.6. The molecule has 0 saturated heterocycles. The van der Waals surface area contributed by atoms with Crippen LogP contribution in [-0.4, -0.2) is 13.3 Å². The lowest BCUT2D eigenvalue weighted by atomic mass is 9.96. The maximum absolute atomic E-state index is 12.3. The molecule has 1 aromatic carbocycles. The summed E-state index contributed by atoms with van der Waals surface area (Å²) in [6.07, 6.45) is 3.66. The molecule has 1 aliphatic carbocycles. The fourth-order valence-corrected chi connectivity index (χ4v) is 4.01. The van der Waals surface area contributed by atoms with E-state index in [2.05, 4.69) is 0 Å². The first-order valence-corrected chi connectivity index (χ1v) is 7.09. The van der Waals surface area contributed by atoms with Crippen LogP contribution in [0.5, 0.6) is 0 Å². The quantitative estimate of drug-likeness (QED) is 0.794. The minimum atomic E-state index is -3.49. The van der Waals surface area contributed by atoms with Gasteiger partial charge in [-0.25, -0.2) is 14.2 Å². The van der Waals surface area contributed by atoms with Crippen LogP contribution < -0.4 is 5.73 Å². The maximum Gasteiger partial charge on any atom is 0.198 e. The van der Waals surface area contributed by atoms with Crippen molar-refractivity contribution in [3.8, 4) is 0 Å². The van der Waals surface area contributed by atoms with E-state index >= 15 is 0 Å². The third-order valence-electron chi connectivity index (χ3n) is 3.23.